The molecule has 0 fully saturated rings. The van der Waals surface area contributed by atoms with Gasteiger partial charge in [0.25, 0.3) is 0 Å². The SMILES string of the molecule is CCN1CC(CCC(=O)O)c2ccc(F)cc21. The standard InChI is InChI=1S/C13H16FNO2/c1-2-15-8-9(3-6-13(16)17)11-5-4-10(14)7-12(11)15/h4-5,7,9H,2-3,6,8H2,1H3,(H,16,17). The Balaban J connectivity index is 2.21. The van der Waals surface area contributed by atoms with Crippen LogP contribution in [0.25, 0.3) is 0 Å². The van der Waals surface area contributed by atoms with Crippen LogP contribution < -0.4 is 4.90 Å². The van der Waals surface area contributed by atoms with Crippen LogP contribution in [-0.4, -0.2) is 24.2 Å². The summed E-state index contributed by atoms with van der Waals surface area (Å²) in [4.78, 5) is 12.7. The smallest absolute Gasteiger partial charge is 0.303 e. The first-order valence-corrected chi connectivity index (χ1v) is 5.88. The molecule has 0 aliphatic carbocycles. The molecule has 1 atom stereocenters. The van der Waals surface area contributed by atoms with Crippen molar-refractivity contribution < 1.29 is 14.3 Å². The number of hydrogen-bond acceptors (Lipinski definition) is 2. The molecule has 1 aliphatic heterocycles. The second-order valence-electron chi connectivity index (χ2n) is 4.37. The maximum Gasteiger partial charge on any atom is 0.303 e. The fourth-order valence-electron chi connectivity index (χ4n) is 2.44. The summed E-state index contributed by atoms with van der Waals surface area (Å²) in [6.45, 7) is 3.64. The zero-order chi connectivity index (χ0) is 12.4. The Kier molecular flexibility index (Phi) is 3.31. The van der Waals surface area contributed by atoms with Crippen molar-refractivity contribution in [3.63, 3.8) is 0 Å². The summed E-state index contributed by atoms with van der Waals surface area (Å²) in [5, 5.41) is 8.72. The van der Waals surface area contributed by atoms with Crippen molar-refractivity contribution in [3.05, 3.63) is 29.6 Å². The van der Waals surface area contributed by atoms with Gasteiger partial charge in [-0.15, -0.1) is 0 Å². The minimum Gasteiger partial charge on any atom is -0.481 e. The highest BCUT2D eigenvalue weighted by atomic mass is 19.1. The molecule has 0 aromatic heterocycles. The van der Waals surface area contributed by atoms with E-state index in [1.807, 2.05) is 6.92 Å². The largest absolute Gasteiger partial charge is 0.481 e. The maximum atomic E-state index is 13.2. The van der Waals surface area contributed by atoms with Crippen molar-refractivity contribution in [2.45, 2.75) is 25.7 Å². The molecular formula is C13H16FNO2. The summed E-state index contributed by atoms with van der Waals surface area (Å²) in [6.07, 6.45) is 0.781. The van der Waals surface area contributed by atoms with Gasteiger partial charge >= 0.3 is 5.97 Å². The van der Waals surface area contributed by atoms with Gasteiger partial charge in [0.05, 0.1) is 0 Å². The molecule has 1 unspecified atom stereocenters. The van der Waals surface area contributed by atoms with Crippen LogP contribution in [0, 0.1) is 5.82 Å². The third-order valence-electron chi connectivity index (χ3n) is 3.30. The third kappa shape index (κ3) is 2.40. The number of benzene rings is 1. The van der Waals surface area contributed by atoms with Crippen molar-refractivity contribution >= 4 is 11.7 Å². The van der Waals surface area contributed by atoms with Crippen LogP contribution >= 0.6 is 0 Å². The molecule has 1 aromatic rings. The van der Waals surface area contributed by atoms with Crippen LogP contribution in [-0.2, 0) is 4.79 Å². The first-order valence-electron chi connectivity index (χ1n) is 5.88. The highest BCUT2D eigenvalue weighted by molar-refractivity contribution is 5.67. The van der Waals surface area contributed by atoms with E-state index in [0.717, 1.165) is 24.3 Å². The molecule has 0 saturated heterocycles. The second kappa shape index (κ2) is 4.73. The van der Waals surface area contributed by atoms with Crippen molar-refractivity contribution in [2.75, 3.05) is 18.0 Å². The number of anilines is 1. The summed E-state index contributed by atoms with van der Waals surface area (Å²) in [6, 6.07) is 4.78. The van der Waals surface area contributed by atoms with Gasteiger partial charge in [-0.1, -0.05) is 6.07 Å². The van der Waals surface area contributed by atoms with Crippen molar-refractivity contribution in [3.8, 4) is 0 Å². The van der Waals surface area contributed by atoms with Crippen molar-refractivity contribution in [2.24, 2.45) is 0 Å². The van der Waals surface area contributed by atoms with Gasteiger partial charge in [0, 0.05) is 31.1 Å². The molecule has 0 amide bonds. The summed E-state index contributed by atoms with van der Waals surface area (Å²) in [5.41, 5.74) is 2.00. The highest BCUT2D eigenvalue weighted by Gasteiger charge is 2.28. The Morgan fingerprint density at radius 3 is 3.00 bits per heavy atom. The number of rotatable bonds is 4. The van der Waals surface area contributed by atoms with E-state index in [2.05, 4.69) is 4.90 Å². The molecule has 1 N–H and O–H groups in total. The minimum atomic E-state index is -0.774. The summed E-state index contributed by atoms with van der Waals surface area (Å²) in [7, 11) is 0. The van der Waals surface area contributed by atoms with Gasteiger partial charge < -0.3 is 10.0 Å². The molecule has 0 bridgehead atoms. The Hall–Kier alpha value is -1.58. The van der Waals surface area contributed by atoms with Gasteiger partial charge in [-0.05, 0) is 31.0 Å². The van der Waals surface area contributed by atoms with Gasteiger partial charge in [0.15, 0.2) is 0 Å². The maximum absolute atomic E-state index is 13.2. The molecule has 92 valence electrons. The monoisotopic (exact) mass is 237 g/mol. The lowest BCUT2D eigenvalue weighted by Crippen LogP contribution is -2.21. The minimum absolute atomic E-state index is 0.166. The number of carbonyl (C=O) groups is 1. The van der Waals surface area contributed by atoms with Crippen LogP contribution in [0.3, 0.4) is 0 Å². The lowest BCUT2D eigenvalue weighted by Gasteiger charge is -2.16. The fourth-order valence-corrected chi connectivity index (χ4v) is 2.44. The van der Waals surface area contributed by atoms with Crippen LogP contribution in [0.1, 0.15) is 31.2 Å². The van der Waals surface area contributed by atoms with Crippen LogP contribution in [0.5, 0.6) is 0 Å². The Bertz CT molecular complexity index is 433. The highest BCUT2D eigenvalue weighted by Crippen LogP contribution is 2.38. The van der Waals surface area contributed by atoms with Gasteiger partial charge in [0.1, 0.15) is 5.82 Å². The summed E-state index contributed by atoms with van der Waals surface area (Å²) in [5.74, 6) is -0.800. The molecule has 1 aliphatic rings. The lowest BCUT2D eigenvalue weighted by atomic mass is 9.96. The van der Waals surface area contributed by atoms with Crippen molar-refractivity contribution in [1.82, 2.24) is 0 Å². The zero-order valence-corrected chi connectivity index (χ0v) is 9.82. The molecule has 2 rings (SSSR count). The predicted molar refractivity (Wildman–Crippen MR) is 63.9 cm³/mol. The van der Waals surface area contributed by atoms with Crippen molar-refractivity contribution in [1.29, 1.82) is 0 Å². The molecule has 4 heteroatoms. The molecule has 0 saturated carbocycles. The topological polar surface area (TPSA) is 40.5 Å². The number of nitrogens with zero attached hydrogens (tertiary/aromatic N) is 1. The number of likely N-dealkylation sites (N-methyl/N-ethyl adjacent to an activating group) is 1. The molecule has 1 heterocycles. The zero-order valence-electron chi connectivity index (χ0n) is 9.82. The number of hydrogen-bond donors (Lipinski definition) is 1. The molecule has 17 heavy (non-hydrogen) atoms. The van der Waals surface area contributed by atoms with E-state index < -0.39 is 5.97 Å². The van der Waals surface area contributed by atoms with Gasteiger partial charge in [0.2, 0.25) is 0 Å². The first-order chi connectivity index (χ1) is 8.11. The van der Waals surface area contributed by atoms with Crippen LogP contribution in [0.2, 0.25) is 0 Å². The summed E-state index contributed by atoms with van der Waals surface area (Å²) >= 11 is 0. The van der Waals surface area contributed by atoms with Gasteiger partial charge in [-0.25, -0.2) is 4.39 Å². The number of halogens is 1. The fraction of sp³-hybridized carbons (Fsp3) is 0.462. The van der Waals surface area contributed by atoms with Crippen LogP contribution in [0.4, 0.5) is 10.1 Å². The van der Waals surface area contributed by atoms with E-state index in [-0.39, 0.29) is 18.2 Å². The van der Waals surface area contributed by atoms with E-state index in [9.17, 15) is 9.18 Å². The molecule has 0 radical (unpaired) electrons. The normalized spacial score (nSPS) is 18.2. The third-order valence-corrected chi connectivity index (χ3v) is 3.30. The van der Waals surface area contributed by atoms with E-state index >= 15 is 0 Å². The summed E-state index contributed by atoms with van der Waals surface area (Å²) < 4.78 is 13.2. The predicted octanol–water partition coefficient (Wildman–Crippen LogP) is 2.61. The second-order valence-corrected chi connectivity index (χ2v) is 4.37. The molecule has 0 spiro atoms. The van der Waals surface area contributed by atoms with Gasteiger partial charge in [-0.3, -0.25) is 4.79 Å². The van der Waals surface area contributed by atoms with E-state index in [1.54, 1.807) is 12.1 Å². The molecule has 3 nitrogen and oxygen atoms in total. The Labute approximate surface area is 99.9 Å². The average Bonchev–Trinajstić information content (AvgIpc) is 2.63. The van der Waals surface area contributed by atoms with Crippen LogP contribution in [0.15, 0.2) is 18.2 Å². The average molecular weight is 237 g/mol. The quantitative estimate of drug-likeness (QED) is 0.875. The molecular weight excluding hydrogens is 221 g/mol. The Morgan fingerprint density at radius 2 is 2.35 bits per heavy atom. The van der Waals surface area contributed by atoms with Gasteiger partial charge in [-0.2, -0.15) is 0 Å². The number of fused-ring (bicyclic) bond motifs is 1. The first kappa shape index (κ1) is 11.9. The van der Waals surface area contributed by atoms with E-state index in [1.165, 1.54) is 6.07 Å². The Morgan fingerprint density at radius 1 is 1.59 bits per heavy atom. The van der Waals surface area contributed by atoms with E-state index in [4.69, 9.17) is 5.11 Å². The lowest BCUT2D eigenvalue weighted by molar-refractivity contribution is -0.137. The van der Waals surface area contributed by atoms with E-state index in [0.29, 0.717) is 6.42 Å². The number of aliphatic carboxylic acids is 1. The number of carboxylic acids is 1. The number of carboxylic acid groups (broad SMARTS) is 1. The molecule has 1 aromatic carbocycles.